The molecule has 4 atom stereocenters. The molecule has 8 nitrogen and oxygen atoms in total. The molecule has 0 aromatic carbocycles. The maximum absolute atomic E-state index is 13.9. The smallest absolute Gasteiger partial charge is 0.383 e. The minimum absolute atomic E-state index is 0.150. The topological polar surface area (TPSA) is 109 Å². The average Bonchev–Trinajstić information content (AvgIpc) is 3.63. The predicted octanol–water partition coefficient (Wildman–Crippen LogP) is 3.36. The molecule has 200 valence electrons. The fraction of sp³-hybridized carbons (Fsp3) is 0.520. The summed E-state index contributed by atoms with van der Waals surface area (Å²) in [7, 11) is 0. The molecule has 1 aliphatic heterocycles. The Balaban J connectivity index is 1.62. The lowest BCUT2D eigenvalue weighted by molar-refractivity contribution is -0.202. The van der Waals surface area contributed by atoms with Gasteiger partial charge in [-0.25, -0.2) is 9.37 Å². The number of rotatable bonds is 3. The van der Waals surface area contributed by atoms with Crippen LogP contribution in [0.15, 0.2) is 36.3 Å². The van der Waals surface area contributed by atoms with Crippen molar-refractivity contribution >= 4 is 29.2 Å². The Morgan fingerprint density at radius 2 is 1.81 bits per heavy atom. The summed E-state index contributed by atoms with van der Waals surface area (Å²) < 4.78 is 55.0. The third-order valence-electron chi connectivity index (χ3n) is 7.62. The molecule has 4 rings (SSSR count). The summed E-state index contributed by atoms with van der Waals surface area (Å²) in [6.45, 7) is 4.65. The standard InChI is InChI=1S/C25H29F4N5O3/c1-13-10-16(26)4-5-18(13)19-15(3)33(23(37)24(6-7-24)25(27,28)29)8-9-34(19)22(36)21(35)32-17-11-14(2)20(30)31-12-17/h4-5,10-13,15,18-19H,6-9H2,1-3H3,(H2,30,31)(H,32,35)/t13?,15-,18?,19+/m1/s1. The van der Waals surface area contributed by atoms with E-state index in [4.69, 9.17) is 5.73 Å². The van der Waals surface area contributed by atoms with Crippen LogP contribution in [-0.2, 0) is 14.4 Å². The number of nitrogens with zero attached hydrogens (tertiary/aromatic N) is 3. The second-order valence-corrected chi connectivity index (χ2v) is 10.0. The van der Waals surface area contributed by atoms with Gasteiger partial charge in [-0.15, -0.1) is 0 Å². The molecule has 2 heterocycles. The van der Waals surface area contributed by atoms with Crippen molar-refractivity contribution < 1.29 is 31.9 Å². The zero-order chi connectivity index (χ0) is 27.3. The number of carbonyl (C=O) groups is 3. The number of nitrogens with one attached hydrogen (secondary N) is 1. The summed E-state index contributed by atoms with van der Waals surface area (Å²) in [5.74, 6) is -4.08. The van der Waals surface area contributed by atoms with E-state index in [1.165, 1.54) is 29.3 Å². The van der Waals surface area contributed by atoms with Crippen LogP contribution in [0, 0.1) is 24.2 Å². The number of carbonyl (C=O) groups excluding carboxylic acids is 3. The number of anilines is 2. The van der Waals surface area contributed by atoms with Gasteiger partial charge in [0.15, 0.2) is 0 Å². The number of nitrogens with two attached hydrogens (primary N) is 1. The second-order valence-electron chi connectivity index (χ2n) is 10.0. The third-order valence-corrected chi connectivity index (χ3v) is 7.62. The van der Waals surface area contributed by atoms with Crippen LogP contribution in [0.4, 0.5) is 29.1 Å². The second kappa shape index (κ2) is 9.46. The van der Waals surface area contributed by atoms with Gasteiger partial charge in [-0.05, 0) is 56.4 Å². The number of hydrogen-bond acceptors (Lipinski definition) is 5. The van der Waals surface area contributed by atoms with Gasteiger partial charge in [0, 0.05) is 25.0 Å². The largest absolute Gasteiger partial charge is 0.403 e. The number of piperazine rings is 1. The zero-order valence-corrected chi connectivity index (χ0v) is 20.7. The molecule has 3 N–H and O–H groups in total. The van der Waals surface area contributed by atoms with Gasteiger partial charge in [-0.3, -0.25) is 14.4 Å². The number of pyridine rings is 1. The SMILES string of the molecule is Cc1cc(NC(=O)C(=O)N2CCN(C(=O)C3(C(F)(F)F)CC3)[C@H](C)[C@H]2C2C=CC(F)=CC2C)cnc1N. The third kappa shape index (κ3) is 4.80. The van der Waals surface area contributed by atoms with E-state index in [2.05, 4.69) is 10.3 Å². The number of aryl methyl sites for hydroxylation is 1. The molecule has 2 fully saturated rings. The van der Waals surface area contributed by atoms with Crippen molar-refractivity contribution in [1.82, 2.24) is 14.8 Å². The van der Waals surface area contributed by atoms with Gasteiger partial charge in [0.2, 0.25) is 5.91 Å². The van der Waals surface area contributed by atoms with E-state index >= 15 is 0 Å². The quantitative estimate of drug-likeness (QED) is 0.467. The highest BCUT2D eigenvalue weighted by Crippen LogP contribution is 2.59. The Kier molecular flexibility index (Phi) is 6.80. The lowest BCUT2D eigenvalue weighted by Crippen LogP contribution is -2.66. The lowest BCUT2D eigenvalue weighted by Gasteiger charge is -2.50. The van der Waals surface area contributed by atoms with E-state index in [1.54, 1.807) is 26.8 Å². The summed E-state index contributed by atoms with van der Waals surface area (Å²) in [6, 6.07) is -0.164. The summed E-state index contributed by atoms with van der Waals surface area (Å²) in [5, 5.41) is 2.48. The van der Waals surface area contributed by atoms with E-state index in [1.807, 2.05) is 0 Å². The first-order valence-electron chi connectivity index (χ1n) is 12.0. The molecule has 1 saturated carbocycles. The van der Waals surface area contributed by atoms with Crippen LogP contribution in [0.1, 0.15) is 32.3 Å². The van der Waals surface area contributed by atoms with Crippen molar-refractivity contribution in [2.45, 2.75) is 51.9 Å². The number of aromatic nitrogens is 1. The van der Waals surface area contributed by atoms with Crippen LogP contribution < -0.4 is 11.1 Å². The van der Waals surface area contributed by atoms with E-state index in [0.717, 1.165) is 4.90 Å². The monoisotopic (exact) mass is 523 g/mol. The Labute approximate surface area is 211 Å². The molecular weight excluding hydrogens is 494 g/mol. The normalized spacial score (nSPS) is 26.9. The Morgan fingerprint density at radius 1 is 1.16 bits per heavy atom. The highest BCUT2D eigenvalue weighted by atomic mass is 19.4. The number of nitrogen functional groups attached to an aromatic ring is 1. The summed E-state index contributed by atoms with van der Waals surface area (Å²) in [6.07, 6.45) is 0.173. The lowest BCUT2D eigenvalue weighted by atomic mass is 9.78. The Hall–Kier alpha value is -3.44. The first-order valence-corrected chi connectivity index (χ1v) is 12.0. The maximum atomic E-state index is 13.9. The van der Waals surface area contributed by atoms with Crippen LogP contribution >= 0.6 is 0 Å². The number of allylic oxidation sites excluding steroid dienone is 3. The van der Waals surface area contributed by atoms with Gasteiger partial charge in [-0.2, -0.15) is 13.2 Å². The van der Waals surface area contributed by atoms with Crippen molar-refractivity contribution in [1.29, 1.82) is 0 Å². The molecule has 0 radical (unpaired) electrons. The van der Waals surface area contributed by atoms with Gasteiger partial charge >= 0.3 is 18.0 Å². The van der Waals surface area contributed by atoms with Gasteiger partial charge in [-0.1, -0.05) is 13.0 Å². The van der Waals surface area contributed by atoms with Crippen molar-refractivity contribution in [3.05, 3.63) is 41.9 Å². The van der Waals surface area contributed by atoms with Gasteiger partial charge in [0.25, 0.3) is 0 Å². The van der Waals surface area contributed by atoms with Crippen molar-refractivity contribution in [2.24, 2.45) is 17.3 Å². The Bertz CT molecular complexity index is 1180. The average molecular weight is 524 g/mol. The molecule has 1 saturated heterocycles. The number of hydrogen-bond donors (Lipinski definition) is 2. The fourth-order valence-electron chi connectivity index (χ4n) is 5.27. The minimum Gasteiger partial charge on any atom is -0.383 e. The van der Waals surface area contributed by atoms with Gasteiger partial charge in [0.05, 0.1) is 17.9 Å². The number of amides is 3. The first kappa shape index (κ1) is 26.6. The minimum atomic E-state index is -4.68. The molecule has 3 aliphatic rings. The van der Waals surface area contributed by atoms with Gasteiger partial charge in [0.1, 0.15) is 17.1 Å². The molecular formula is C25H29F4N5O3. The van der Waals surface area contributed by atoms with Crippen LogP contribution in [0.25, 0.3) is 0 Å². The molecule has 0 spiro atoms. The summed E-state index contributed by atoms with van der Waals surface area (Å²) >= 11 is 0. The van der Waals surface area contributed by atoms with Crippen molar-refractivity contribution in [2.75, 3.05) is 24.1 Å². The molecule has 0 bridgehead atoms. The molecule has 2 aliphatic carbocycles. The number of halogens is 4. The van der Waals surface area contributed by atoms with Gasteiger partial charge < -0.3 is 20.9 Å². The molecule has 1 aromatic rings. The molecule has 2 unspecified atom stereocenters. The fourth-order valence-corrected chi connectivity index (χ4v) is 5.27. The van der Waals surface area contributed by atoms with E-state index in [9.17, 15) is 31.9 Å². The van der Waals surface area contributed by atoms with Crippen molar-refractivity contribution in [3.63, 3.8) is 0 Å². The molecule has 1 aromatic heterocycles. The van der Waals surface area contributed by atoms with Crippen molar-refractivity contribution in [3.8, 4) is 0 Å². The highest BCUT2D eigenvalue weighted by molar-refractivity contribution is 6.39. The number of alkyl halides is 3. The highest BCUT2D eigenvalue weighted by Gasteiger charge is 2.70. The van der Waals surface area contributed by atoms with Crippen LogP contribution in [0.2, 0.25) is 0 Å². The van der Waals surface area contributed by atoms with E-state index < -0.39 is 59.1 Å². The van der Waals surface area contributed by atoms with E-state index in [0.29, 0.717) is 5.56 Å². The Morgan fingerprint density at radius 3 is 2.38 bits per heavy atom. The maximum Gasteiger partial charge on any atom is 0.403 e. The first-order chi connectivity index (χ1) is 17.3. The van der Waals surface area contributed by atoms with Crippen LogP contribution in [-0.4, -0.2) is 63.9 Å². The predicted molar refractivity (Wildman–Crippen MR) is 127 cm³/mol. The molecule has 12 heteroatoms. The van der Waals surface area contributed by atoms with Crippen LogP contribution in [0.3, 0.4) is 0 Å². The van der Waals surface area contributed by atoms with E-state index in [-0.39, 0.29) is 37.4 Å². The summed E-state index contributed by atoms with van der Waals surface area (Å²) in [5.41, 5.74) is 4.13. The van der Waals surface area contributed by atoms with Crippen LogP contribution in [0.5, 0.6) is 0 Å². The summed E-state index contributed by atoms with van der Waals surface area (Å²) in [4.78, 5) is 45.8. The molecule has 37 heavy (non-hydrogen) atoms. The zero-order valence-electron chi connectivity index (χ0n) is 20.7. The molecule has 3 amide bonds.